The molecule has 1 heterocycles. The summed E-state index contributed by atoms with van der Waals surface area (Å²) in [6.07, 6.45) is 1.67. The second-order valence-corrected chi connectivity index (χ2v) is 8.58. The highest BCUT2D eigenvalue weighted by molar-refractivity contribution is 8.18. The standard InChI is InChI=1S/C26H22FNO4S/c1-17-4-3-5-20(12-17)15-28-25(29)24(33-26(28)30)14-19-8-11-22(23(13-19)31-2)32-16-18-6-9-21(27)10-7-18/h3-14H,15-16H2,1-2H3/b24-14-. The van der Waals surface area contributed by atoms with Crippen molar-refractivity contribution in [3.05, 3.63) is 99.7 Å². The van der Waals surface area contributed by atoms with Crippen molar-refractivity contribution in [2.45, 2.75) is 20.1 Å². The molecule has 0 spiro atoms. The van der Waals surface area contributed by atoms with E-state index in [4.69, 9.17) is 9.47 Å². The van der Waals surface area contributed by atoms with Gasteiger partial charge in [-0.1, -0.05) is 48.0 Å². The van der Waals surface area contributed by atoms with Crippen molar-refractivity contribution < 1.29 is 23.5 Å². The fourth-order valence-corrected chi connectivity index (χ4v) is 4.25. The molecule has 0 atom stereocenters. The molecule has 0 unspecified atom stereocenters. The highest BCUT2D eigenvalue weighted by atomic mass is 32.2. The maximum atomic E-state index is 13.1. The van der Waals surface area contributed by atoms with Crippen molar-refractivity contribution in [1.29, 1.82) is 0 Å². The second kappa shape index (κ2) is 9.92. The van der Waals surface area contributed by atoms with Crippen LogP contribution in [0.5, 0.6) is 11.5 Å². The van der Waals surface area contributed by atoms with Crippen molar-refractivity contribution >= 4 is 29.0 Å². The first-order chi connectivity index (χ1) is 15.9. The predicted molar refractivity (Wildman–Crippen MR) is 126 cm³/mol. The summed E-state index contributed by atoms with van der Waals surface area (Å²) in [5.74, 6) is 0.391. The number of nitrogens with zero attached hydrogens (tertiary/aromatic N) is 1. The van der Waals surface area contributed by atoms with Crippen LogP contribution in [0.3, 0.4) is 0 Å². The van der Waals surface area contributed by atoms with E-state index in [1.165, 1.54) is 24.1 Å². The molecule has 1 fully saturated rings. The Bertz CT molecular complexity index is 1220. The first-order valence-corrected chi connectivity index (χ1v) is 11.1. The van der Waals surface area contributed by atoms with Gasteiger partial charge in [-0.25, -0.2) is 4.39 Å². The molecule has 33 heavy (non-hydrogen) atoms. The van der Waals surface area contributed by atoms with Crippen molar-refractivity contribution in [3.8, 4) is 11.5 Å². The first kappa shape index (κ1) is 22.6. The number of aryl methyl sites for hydroxylation is 1. The molecule has 1 aliphatic rings. The van der Waals surface area contributed by atoms with Crippen molar-refractivity contribution in [1.82, 2.24) is 4.90 Å². The van der Waals surface area contributed by atoms with Crippen LogP contribution >= 0.6 is 11.8 Å². The van der Waals surface area contributed by atoms with E-state index in [0.717, 1.165) is 28.5 Å². The first-order valence-electron chi connectivity index (χ1n) is 10.3. The third-order valence-corrected chi connectivity index (χ3v) is 6.00. The topological polar surface area (TPSA) is 55.8 Å². The number of thioether (sulfide) groups is 1. The zero-order valence-electron chi connectivity index (χ0n) is 18.2. The van der Waals surface area contributed by atoms with Crippen molar-refractivity contribution in [2.75, 3.05) is 7.11 Å². The number of hydrogen-bond acceptors (Lipinski definition) is 5. The van der Waals surface area contributed by atoms with Gasteiger partial charge in [0.15, 0.2) is 11.5 Å². The molecule has 3 aromatic carbocycles. The summed E-state index contributed by atoms with van der Waals surface area (Å²) in [6.45, 7) is 2.47. The maximum absolute atomic E-state index is 13.1. The van der Waals surface area contributed by atoms with Crippen molar-refractivity contribution in [3.63, 3.8) is 0 Å². The molecule has 0 N–H and O–H groups in total. The molecule has 168 valence electrons. The van der Waals surface area contributed by atoms with Crippen molar-refractivity contribution in [2.24, 2.45) is 0 Å². The SMILES string of the molecule is COc1cc(/C=C2\SC(=O)N(Cc3cccc(C)c3)C2=O)ccc1OCc1ccc(F)cc1. The number of rotatable bonds is 7. The number of carbonyl (C=O) groups excluding carboxylic acids is 2. The normalized spacial score (nSPS) is 14.8. The average molecular weight is 464 g/mol. The van der Waals surface area contributed by atoms with Crippen LogP contribution < -0.4 is 9.47 Å². The van der Waals surface area contributed by atoms with Gasteiger partial charge in [-0.15, -0.1) is 0 Å². The van der Waals surface area contributed by atoms with Crippen LogP contribution in [0.4, 0.5) is 9.18 Å². The minimum Gasteiger partial charge on any atom is -0.493 e. The van der Waals surface area contributed by atoms with Crippen LogP contribution in [-0.2, 0) is 17.9 Å². The Labute approximate surface area is 195 Å². The number of hydrogen-bond donors (Lipinski definition) is 0. The number of halogens is 1. The minimum atomic E-state index is -0.317. The molecule has 4 rings (SSSR count). The van der Waals surface area contributed by atoms with E-state index in [2.05, 4.69) is 0 Å². The second-order valence-electron chi connectivity index (χ2n) is 7.58. The molecule has 0 aliphatic carbocycles. The quantitative estimate of drug-likeness (QED) is 0.405. The molecule has 0 saturated carbocycles. The zero-order valence-corrected chi connectivity index (χ0v) is 19.0. The lowest BCUT2D eigenvalue weighted by Gasteiger charge is -2.13. The summed E-state index contributed by atoms with van der Waals surface area (Å²) in [5, 5.41) is -0.293. The summed E-state index contributed by atoms with van der Waals surface area (Å²) in [5.41, 5.74) is 3.51. The molecule has 7 heteroatoms. The smallest absolute Gasteiger partial charge is 0.293 e. The van der Waals surface area contributed by atoms with E-state index in [-0.39, 0.29) is 30.1 Å². The Hall–Kier alpha value is -3.58. The van der Waals surface area contributed by atoms with Crippen LogP contribution in [0.2, 0.25) is 0 Å². The zero-order chi connectivity index (χ0) is 23.4. The summed E-state index contributed by atoms with van der Waals surface area (Å²) >= 11 is 0.922. The molecule has 0 radical (unpaired) electrons. The van der Waals surface area contributed by atoms with E-state index >= 15 is 0 Å². The number of ether oxygens (including phenoxy) is 2. The maximum Gasteiger partial charge on any atom is 0.293 e. The molecule has 0 aromatic heterocycles. The predicted octanol–water partition coefficient (Wildman–Crippen LogP) is 5.96. The van der Waals surface area contributed by atoms with E-state index in [1.54, 1.807) is 36.4 Å². The number of methoxy groups -OCH3 is 1. The Morgan fingerprint density at radius 2 is 1.76 bits per heavy atom. The average Bonchev–Trinajstić information content (AvgIpc) is 3.06. The van der Waals surface area contributed by atoms with Crippen LogP contribution in [-0.4, -0.2) is 23.2 Å². The fourth-order valence-electron chi connectivity index (χ4n) is 3.42. The Kier molecular flexibility index (Phi) is 6.79. The molecular formula is C26H22FNO4S. The summed E-state index contributed by atoms with van der Waals surface area (Å²) in [6, 6.07) is 19.1. The third kappa shape index (κ3) is 5.43. The number of benzene rings is 3. The van der Waals surface area contributed by atoms with Gasteiger partial charge in [0.05, 0.1) is 18.6 Å². The summed E-state index contributed by atoms with van der Waals surface area (Å²) in [4.78, 5) is 26.9. The van der Waals surface area contributed by atoms with Crippen LogP contribution in [0.15, 0.2) is 71.6 Å². The molecule has 1 saturated heterocycles. The molecule has 2 amide bonds. The van der Waals surface area contributed by atoms with E-state index < -0.39 is 0 Å². The van der Waals surface area contributed by atoms with Gasteiger partial charge in [-0.05, 0) is 65.7 Å². The monoisotopic (exact) mass is 463 g/mol. The van der Waals surface area contributed by atoms with Crippen LogP contribution in [0.25, 0.3) is 6.08 Å². The van der Waals surface area contributed by atoms with Crippen LogP contribution in [0, 0.1) is 12.7 Å². The van der Waals surface area contributed by atoms with Gasteiger partial charge in [0.1, 0.15) is 12.4 Å². The van der Waals surface area contributed by atoms with E-state index in [0.29, 0.717) is 22.0 Å². The third-order valence-electron chi connectivity index (χ3n) is 5.09. The molecule has 5 nitrogen and oxygen atoms in total. The Balaban J connectivity index is 1.48. The van der Waals surface area contributed by atoms with Gasteiger partial charge in [-0.2, -0.15) is 0 Å². The molecule has 1 aliphatic heterocycles. The lowest BCUT2D eigenvalue weighted by atomic mass is 10.1. The number of imide groups is 1. The molecular weight excluding hydrogens is 441 g/mol. The van der Waals surface area contributed by atoms with Crippen LogP contribution in [0.1, 0.15) is 22.3 Å². The Morgan fingerprint density at radius 3 is 2.48 bits per heavy atom. The van der Waals surface area contributed by atoms with Gasteiger partial charge in [0.25, 0.3) is 11.1 Å². The summed E-state index contributed by atoms with van der Waals surface area (Å²) in [7, 11) is 1.53. The summed E-state index contributed by atoms with van der Waals surface area (Å²) < 4.78 is 24.3. The Morgan fingerprint density at radius 1 is 0.970 bits per heavy atom. The largest absolute Gasteiger partial charge is 0.493 e. The lowest BCUT2D eigenvalue weighted by molar-refractivity contribution is -0.123. The minimum absolute atomic E-state index is 0.239. The van der Waals surface area contributed by atoms with Gasteiger partial charge in [-0.3, -0.25) is 14.5 Å². The van der Waals surface area contributed by atoms with Gasteiger partial charge >= 0.3 is 0 Å². The highest BCUT2D eigenvalue weighted by Gasteiger charge is 2.35. The van der Waals surface area contributed by atoms with Gasteiger partial charge in [0.2, 0.25) is 0 Å². The van der Waals surface area contributed by atoms with Gasteiger partial charge < -0.3 is 9.47 Å². The molecule has 0 bridgehead atoms. The van der Waals surface area contributed by atoms with E-state index in [9.17, 15) is 14.0 Å². The molecule has 3 aromatic rings. The number of carbonyl (C=O) groups is 2. The highest BCUT2D eigenvalue weighted by Crippen LogP contribution is 2.35. The van der Waals surface area contributed by atoms with E-state index in [1.807, 2.05) is 31.2 Å². The lowest BCUT2D eigenvalue weighted by Crippen LogP contribution is -2.27. The number of amides is 2. The fraction of sp³-hybridized carbons (Fsp3) is 0.154. The van der Waals surface area contributed by atoms with Gasteiger partial charge in [0, 0.05) is 0 Å².